The van der Waals surface area contributed by atoms with Gasteiger partial charge in [-0.3, -0.25) is 9.59 Å². The molecular weight excluding hydrogens is 364 g/mol. The van der Waals surface area contributed by atoms with E-state index in [-0.39, 0.29) is 30.9 Å². The Balaban J connectivity index is 1.68. The van der Waals surface area contributed by atoms with Crippen LogP contribution in [0, 0.1) is 0 Å². The van der Waals surface area contributed by atoms with Crippen LogP contribution in [-0.4, -0.2) is 71.2 Å². The van der Waals surface area contributed by atoms with Crippen molar-refractivity contribution in [3.63, 3.8) is 0 Å². The number of amides is 2. The number of nitrogens with one attached hydrogen (secondary N) is 1. The van der Waals surface area contributed by atoms with Crippen LogP contribution < -0.4 is 14.8 Å². The molecule has 2 N–H and O–H groups in total. The maximum Gasteiger partial charge on any atom is 0.254 e. The first-order chi connectivity index (χ1) is 13.5. The minimum atomic E-state index is -0.643. The van der Waals surface area contributed by atoms with Gasteiger partial charge >= 0.3 is 0 Å². The maximum absolute atomic E-state index is 12.9. The number of aliphatic hydroxyl groups excluding tert-OH is 1. The molecule has 3 heterocycles. The number of likely N-dealkylation sites (tertiary alicyclic amines) is 1. The van der Waals surface area contributed by atoms with Gasteiger partial charge in [-0.1, -0.05) is 0 Å². The van der Waals surface area contributed by atoms with Gasteiger partial charge in [0.05, 0.1) is 26.4 Å². The van der Waals surface area contributed by atoms with Crippen LogP contribution in [0.5, 0.6) is 11.8 Å². The maximum atomic E-state index is 12.9. The standard InChI is InChI=1S/C19H22N4O5/c1-27-16-7-12(3-5-20-16)18(25)22-10-14-9-15(24)11-23(14)19(26)13-4-6-21-17(8-13)28-2/h3-8,14-15,24H,9-11H2,1-2H3,(H,22,25)/t14-,15+/m0/s1. The molecule has 1 fully saturated rings. The van der Waals surface area contributed by atoms with Crippen molar-refractivity contribution in [1.29, 1.82) is 0 Å². The SMILES string of the molecule is COc1cc(C(=O)NC[C@@H]2C[C@@H](O)CN2C(=O)c2ccnc(OC)c2)ccn1. The molecular formula is C19H22N4O5. The van der Waals surface area contributed by atoms with Crippen molar-refractivity contribution in [3.05, 3.63) is 47.8 Å². The van der Waals surface area contributed by atoms with Crippen molar-refractivity contribution in [2.24, 2.45) is 0 Å². The summed E-state index contributed by atoms with van der Waals surface area (Å²) in [7, 11) is 2.95. The molecule has 3 rings (SSSR count). The van der Waals surface area contributed by atoms with Gasteiger partial charge < -0.3 is 24.8 Å². The number of β-amino-alcohol motifs (C(OH)–C–C–N with tert-alkyl or cyclic N) is 1. The van der Waals surface area contributed by atoms with Crippen LogP contribution in [0.1, 0.15) is 27.1 Å². The first-order valence-corrected chi connectivity index (χ1v) is 8.79. The van der Waals surface area contributed by atoms with Gasteiger partial charge in [0.2, 0.25) is 11.8 Å². The Hall–Kier alpha value is -3.20. The third-order valence-electron chi connectivity index (χ3n) is 4.55. The zero-order valence-electron chi connectivity index (χ0n) is 15.7. The van der Waals surface area contributed by atoms with Gasteiger partial charge in [0.1, 0.15) is 0 Å². The predicted octanol–water partition coefficient (Wildman–Crippen LogP) is 0.499. The number of methoxy groups -OCH3 is 2. The average molecular weight is 386 g/mol. The van der Waals surface area contributed by atoms with E-state index in [1.54, 1.807) is 23.1 Å². The Morgan fingerprint density at radius 2 is 1.75 bits per heavy atom. The second kappa shape index (κ2) is 8.66. The fourth-order valence-corrected chi connectivity index (χ4v) is 3.13. The fourth-order valence-electron chi connectivity index (χ4n) is 3.13. The second-order valence-electron chi connectivity index (χ2n) is 6.38. The molecule has 1 saturated heterocycles. The van der Waals surface area contributed by atoms with Gasteiger partial charge in [-0.25, -0.2) is 9.97 Å². The van der Waals surface area contributed by atoms with E-state index in [1.165, 1.54) is 32.7 Å². The van der Waals surface area contributed by atoms with E-state index in [2.05, 4.69) is 15.3 Å². The van der Waals surface area contributed by atoms with Gasteiger partial charge in [-0.2, -0.15) is 0 Å². The van der Waals surface area contributed by atoms with Crippen LogP contribution in [0.4, 0.5) is 0 Å². The molecule has 148 valence electrons. The largest absolute Gasteiger partial charge is 0.481 e. The van der Waals surface area contributed by atoms with Crippen molar-refractivity contribution in [2.45, 2.75) is 18.6 Å². The topological polar surface area (TPSA) is 114 Å². The zero-order valence-corrected chi connectivity index (χ0v) is 15.7. The number of pyridine rings is 2. The Bertz CT molecular complexity index is 860. The van der Waals surface area contributed by atoms with Crippen molar-refractivity contribution in [3.8, 4) is 11.8 Å². The summed E-state index contributed by atoms with van der Waals surface area (Å²) in [4.78, 5) is 34.8. The number of hydrogen-bond acceptors (Lipinski definition) is 7. The summed E-state index contributed by atoms with van der Waals surface area (Å²) in [5.74, 6) is 0.122. The number of aliphatic hydroxyl groups is 1. The molecule has 0 aliphatic carbocycles. The Labute approximate surface area is 162 Å². The normalized spacial score (nSPS) is 18.6. The lowest BCUT2D eigenvalue weighted by Gasteiger charge is -2.25. The zero-order chi connectivity index (χ0) is 20.1. The van der Waals surface area contributed by atoms with Gasteiger partial charge in [-0.05, 0) is 18.6 Å². The van der Waals surface area contributed by atoms with Crippen molar-refractivity contribution < 1.29 is 24.2 Å². The lowest BCUT2D eigenvalue weighted by atomic mass is 10.1. The Kier molecular flexibility index (Phi) is 6.05. The third-order valence-corrected chi connectivity index (χ3v) is 4.55. The summed E-state index contributed by atoms with van der Waals surface area (Å²) in [6.45, 7) is 0.418. The van der Waals surface area contributed by atoms with Gasteiger partial charge in [0, 0.05) is 48.7 Å². The molecule has 0 saturated carbocycles. The summed E-state index contributed by atoms with van der Waals surface area (Å²) in [5.41, 5.74) is 0.818. The van der Waals surface area contributed by atoms with E-state index in [4.69, 9.17) is 9.47 Å². The van der Waals surface area contributed by atoms with Gasteiger partial charge in [0.15, 0.2) is 0 Å². The molecule has 2 aromatic rings. The van der Waals surface area contributed by atoms with Gasteiger partial charge in [-0.15, -0.1) is 0 Å². The Morgan fingerprint density at radius 3 is 2.39 bits per heavy atom. The molecule has 9 heteroatoms. The highest BCUT2D eigenvalue weighted by molar-refractivity contribution is 5.95. The summed E-state index contributed by atoms with van der Waals surface area (Å²) < 4.78 is 10.1. The number of carbonyl (C=O) groups is 2. The fraction of sp³-hybridized carbons (Fsp3) is 0.368. The summed E-state index contributed by atoms with van der Waals surface area (Å²) in [5, 5.41) is 12.9. The molecule has 0 bridgehead atoms. The first kappa shape index (κ1) is 19.6. The number of hydrogen-bond donors (Lipinski definition) is 2. The molecule has 28 heavy (non-hydrogen) atoms. The highest BCUT2D eigenvalue weighted by atomic mass is 16.5. The quantitative estimate of drug-likeness (QED) is 0.743. The van der Waals surface area contributed by atoms with E-state index in [9.17, 15) is 14.7 Å². The van der Waals surface area contributed by atoms with Crippen LogP contribution in [0.2, 0.25) is 0 Å². The van der Waals surface area contributed by atoms with Crippen LogP contribution in [0.15, 0.2) is 36.7 Å². The molecule has 0 spiro atoms. The van der Waals surface area contributed by atoms with E-state index < -0.39 is 6.10 Å². The molecule has 0 radical (unpaired) electrons. The molecule has 2 atom stereocenters. The smallest absolute Gasteiger partial charge is 0.254 e. The van der Waals surface area contributed by atoms with Crippen LogP contribution >= 0.6 is 0 Å². The number of nitrogens with zero attached hydrogens (tertiary/aromatic N) is 3. The molecule has 2 aromatic heterocycles. The van der Waals surface area contributed by atoms with Crippen molar-refractivity contribution >= 4 is 11.8 Å². The molecule has 0 unspecified atom stereocenters. The number of rotatable bonds is 6. The molecule has 0 aromatic carbocycles. The average Bonchev–Trinajstić information content (AvgIpc) is 3.11. The van der Waals surface area contributed by atoms with E-state index in [0.717, 1.165) is 0 Å². The van der Waals surface area contributed by atoms with Crippen LogP contribution in [0.25, 0.3) is 0 Å². The van der Waals surface area contributed by atoms with Crippen molar-refractivity contribution in [2.75, 3.05) is 27.3 Å². The third kappa shape index (κ3) is 4.37. The minimum Gasteiger partial charge on any atom is -0.481 e. The molecule has 2 amide bonds. The van der Waals surface area contributed by atoms with E-state index in [1.807, 2.05) is 0 Å². The predicted molar refractivity (Wildman–Crippen MR) is 99.4 cm³/mol. The highest BCUT2D eigenvalue weighted by Gasteiger charge is 2.35. The monoisotopic (exact) mass is 386 g/mol. The molecule has 1 aliphatic rings. The highest BCUT2D eigenvalue weighted by Crippen LogP contribution is 2.21. The number of ether oxygens (including phenoxy) is 2. The van der Waals surface area contributed by atoms with Crippen LogP contribution in [0.3, 0.4) is 0 Å². The summed E-state index contributed by atoms with van der Waals surface area (Å²) in [6.07, 6.45) is 2.72. The van der Waals surface area contributed by atoms with Crippen LogP contribution in [-0.2, 0) is 0 Å². The summed E-state index contributed by atoms with van der Waals surface area (Å²) >= 11 is 0. The molecule has 1 aliphatic heterocycles. The van der Waals surface area contributed by atoms with E-state index >= 15 is 0 Å². The van der Waals surface area contributed by atoms with E-state index in [0.29, 0.717) is 29.3 Å². The molecule has 9 nitrogen and oxygen atoms in total. The van der Waals surface area contributed by atoms with Gasteiger partial charge in [0.25, 0.3) is 11.8 Å². The number of carbonyl (C=O) groups excluding carboxylic acids is 2. The minimum absolute atomic E-state index is 0.201. The number of aromatic nitrogens is 2. The Morgan fingerprint density at radius 1 is 1.14 bits per heavy atom. The second-order valence-corrected chi connectivity index (χ2v) is 6.38. The lowest BCUT2D eigenvalue weighted by molar-refractivity contribution is 0.0707. The lowest BCUT2D eigenvalue weighted by Crippen LogP contribution is -2.43. The van der Waals surface area contributed by atoms with Crippen molar-refractivity contribution in [1.82, 2.24) is 20.2 Å². The summed E-state index contributed by atoms with van der Waals surface area (Å²) in [6, 6.07) is 5.92. The first-order valence-electron chi connectivity index (χ1n) is 8.79.